The monoisotopic (exact) mass is 390 g/mol. The highest BCUT2D eigenvalue weighted by Crippen LogP contribution is 2.26. The highest BCUT2D eigenvalue weighted by atomic mass is 79.9. The molecule has 1 N–H and O–H groups in total. The summed E-state index contributed by atoms with van der Waals surface area (Å²) in [4.78, 5) is 2.29. The van der Waals surface area contributed by atoms with E-state index in [0.29, 0.717) is 18.0 Å². The first-order valence-corrected chi connectivity index (χ1v) is 8.26. The van der Waals surface area contributed by atoms with Gasteiger partial charge in [-0.2, -0.15) is 0 Å². The van der Waals surface area contributed by atoms with Crippen LogP contribution in [0.2, 0.25) is 0 Å². The van der Waals surface area contributed by atoms with Crippen LogP contribution in [0.3, 0.4) is 0 Å². The molecule has 0 bridgehead atoms. The molecule has 4 heteroatoms. The van der Waals surface area contributed by atoms with Crippen LogP contribution >= 0.6 is 31.9 Å². The van der Waals surface area contributed by atoms with Crippen LogP contribution in [0, 0.1) is 5.92 Å². The Morgan fingerprint density at radius 3 is 2.26 bits per heavy atom. The molecule has 1 rings (SSSR count). The molecule has 0 saturated heterocycles. The Morgan fingerprint density at radius 1 is 1.16 bits per heavy atom. The number of hydrogen-bond donors (Lipinski definition) is 1. The van der Waals surface area contributed by atoms with Crippen molar-refractivity contribution in [3.05, 3.63) is 32.7 Å². The summed E-state index contributed by atoms with van der Waals surface area (Å²) in [6, 6.07) is 7.23. The summed E-state index contributed by atoms with van der Waals surface area (Å²) in [5.74, 6) is 0.642. The van der Waals surface area contributed by atoms with Gasteiger partial charge in [0.05, 0.1) is 0 Å². The second kappa shape index (κ2) is 7.77. The predicted molar refractivity (Wildman–Crippen MR) is 90.6 cm³/mol. The van der Waals surface area contributed by atoms with E-state index in [1.165, 1.54) is 5.56 Å². The maximum Gasteiger partial charge on any atom is 0.0303 e. The van der Waals surface area contributed by atoms with Gasteiger partial charge in [-0.1, -0.05) is 51.8 Å². The number of likely N-dealkylation sites (N-methyl/N-ethyl adjacent to an activating group) is 1. The first-order valence-electron chi connectivity index (χ1n) is 6.67. The van der Waals surface area contributed by atoms with Crippen LogP contribution < -0.4 is 5.32 Å². The van der Waals surface area contributed by atoms with Crippen molar-refractivity contribution in [2.75, 3.05) is 20.6 Å². The molecule has 0 amide bonds. The van der Waals surface area contributed by atoms with Gasteiger partial charge in [0, 0.05) is 27.6 Å². The van der Waals surface area contributed by atoms with Gasteiger partial charge in [0.15, 0.2) is 0 Å². The average Bonchev–Trinajstić information content (AvgIpc) is 2.27. The minimum atomic E-state index is 0.337. The van der Waals surface area contributed by atoms with Crippen molar-refractivity contribution in [1.29, 1.82) is 0 Å². The first kappa shape index (κ1) is 17.2. The smallest absolute Gasteiger partial charge is 0.0303 e. The second-order valence-electron chi connectivity index (χ2n) is 5.57. The fourth-order valence-electron chi connectivity index (χ4n) is 2.27. The van der Waals surface area contributed by atoms with E-state index in [1.54, 1.807) is 0 Å². The average molecular weight is 392 g/mol. The molecule has 0 saturated carbocycles. The molecular weight excluding hydrogens is 368 g/mol. The molecule has 2 atom stereocenters. The van der Waals surface area contributed by atoms with E-state index in [-0.39, 0.29) is 0 Å². The molecule has 0 heterocycles. The van der Waals surface area contributed by atoms with Crippen LogP contribution in [-0.2, 0) is 0 Å². The lowest BCUT2D eigenvalue weighted by Gasteiger charge is -2.30. The third kappa shape index (κ3) is 5.18. The summed E-state index contributed by atoms with van der Waals surface area (Å²) < 4.78 is 2.25. The van der Waals surface area contributed by atoms with Gasteiger partial charge in [-0.15, -0.1) is 0 Å². The van der Waals surface area contributed by atoms with E-state index in [1.807, 2.05) is 0 Å². The third-order valence-corrected chi connectivity index (χ3v) is 4.68. The molecule has 0 fully saturated rings. The Morgan fingerprint density at radius 2 is 1.79 bits per heavy atom. The summed E-state index contributed by atoms with van der Waals surface area (Å²) in [7, 11) is 4.29. The molecule has 0 spiro atoms. The van der Waals surface area contributed by atoms with Crippen LogP contribution in [0.5, 0.6) is 0 Å². The van der Waals surface area contributed by atoms with Crippen molar-refractivity contribution in [1.82, 2.24) is 10.2 Å². The Kier molecular flexibility index (Phi) is 7.01. The first-order chi connectivity index (χ1) is 8.82. The van der Waals surface area contributed by atoms with Crippen LogP contribution in [0.1, 0.15) is 32.4 Å². The molecule has 1 aromatic rings. The summed E-state index contributed by atoms with van der Waals surface area (Å²) in [6.45, 7) is 7.74. The Bertz CT molecular complexity index is 397. The van der Waals surface area contributed by atoms with Crippen LogP contribution in [0.25, 0.3) is 0 Å². The molecular formula is C15H24Br2N2. The van der Waals surface area contributed by atoms with E-state index < -0.39 is 0 Å². The molecule has 1 aromatic carbocycles. The van der Waals surface area contributed by atoms with Crippen LogP contribution in [-0.4, -0.2) is 31.6 Å². The SMILES string of the molecule is CC(NCC(C(C)C)N(C)C)c1ccc(Br)cc1Br. The minimum Gasteiger partial charge on any atom is -0.309 e. The van der Waals surface area contributed by atoms with Gasteiger partial charge in [0.25, 0.3) is 0 Å². The number of nitrogens with one attached hydrogen (secondary N) is 1. The molecule has 108 valence electrons. The number of hydrogen-bond acceptors (Lipinski definition) is 2. The maximum absolute atomic E-state index is 3.63. The molecule has 0 aliphatic rings. The van der Waals surface area contributed by atoms with E-state index in [9.17, 15) is 0 Å². The van der Waals surface area contributed by atoms with E-state index in [0.717, 1.165) is 15.5 Å². The van der Waals surface area contributed by atoms with Crippen LogP contribution in [0.4, 0.5) is 0 Å². The fourth-order valence-corrected chi connectivity index (χ4v) is 3.67. The van der Waals surface area contributed by atoms with Crippen molar-refractivity contribution in [2.24, 2.45) is 5.92 Å². The topological polar surface area (TPSA) is 15.3 Å². The highest BCUT2D eigenvalue weighted by Gasteiger charge is 2.17. The van der Waals surface area contributed by atoms with Gasteiger partial charge in [0.2, 0.25) is 0 Å². The Labute approximate surface area is 134 Å². The summed E-state index contributed by atoms with van der Waals surface area (Å²) >= 11 is 7.12. The van der Waals surface area contributed by atoms with Crippen molar-refractivity contribution in [2.45, 2.75) is 32.9 Å². The summed E-state index contributed by atoms with van der Waals surface area (Å²) in [5, 5.41) is 3.63. The molecule has 0 aliphatic carbocycles. The highest BCUT2D eigenvalue weighted by molar-refractivity contribution is 9.11. The number of nitrogens with zero attached hydrogens (tertiary/aromatic N) is 1. The fraction of sp³-hybridized carbons (Fsp3) is 0.600. The standard InChI is InChI=1S/C15H24Br2N2/c1-10(2)15(19(4)5)9-18-11(3)13-7-6-12(16)8-14(13)17/h6-8,10-11,15,18H,9H2,1-5H3. The predicted octanol–water partition coefficient (Wildman–Crippen LogP) is 4.45. The molecule has 0 aliphatic heterocycles. The lowest BCUT2D eigenvalue weighted by Crippen LogP contribution is -2.42. The van der Waals surface area contributed by atoms with Gasteiger partial charge in [-0.3, -0.25) is 0 Å². The van der Waals surface area contributed by atoms with Crippen molar-refractivity contribution in [3.63, 3.8) is 0 Å². The van der Waals surface area contributed by atoms with E-state index in [4.69, 9.17) is 0 Å². The molecule has 19 heavy (non-hydrogen) atoms. The minimum absolute atomic E-state index is 0.337. The van der Waals surface area contributed by atoms with Gasteiger partial charge < -0.3 is 10.2 Å². The zero-order valence-electron chi connectivity index (χ0n) is 12.4. The summed E-state index contributed by atoms with van der Waals surface area (Å²) in [5.41, 5.74) is 1.30. The maximum atomic E-state index is 3.63. The van der Waals surface area contributed by atoms with Gasteiger partial charge >= 0.3 is 0 Å². The Hall–Kier alpha value is 0.1000. The number of halogens is 2. The quantitative estimate of drug-likeness (QED) is 0.770. The molecule has 2 unspecified atom stereocenters. The van der Waals surface area contributed by atoms with Crippen molar-refractivity contribution < 1.29 is 0 Å². The zero-order chi connectivity index (χ0) is 14.6. The van der Waals surface area contributed by atoms with E-state index >= 15 is 0 Å². The van der Waals surface area contributed by atoms with Crippen molar-refractivity contribution in [3.8, 4) is 0 Å². The largest absolute Gasteiger partial charge is 0.309 e. The van der Waals surface area contributed by atoms with Gasteiger partial charge in [-0.25, -0.2) is 0 Å². The molecule has 0 aromatic heterocycles. The molecule has 2 nitrogen and oxygen atoms in total. The zero-order valence-corrected chi connectivity index (χ0v) is 15.5. The normalized spacial score (nSPS) is 15.0. The van der Waals surface area contributed by atoms with E-state index in [2.05, 4.69) is 95.1 Å². The van der Waals surface area contributed by atoms with Crippen molar-refractivity contribution >= 4 is 31.9 Å². The van der Waals surface area contributed by atoms with Gasteiger partial charge in [-0.05, 0) is 44.6 Å². The second-order valence-corrected chi connectivity index (χ2v) is 7.34. The molecule has 0 radical (unpaired) electrons. The Balaban J connectivity index is 2.66. The number of benzene rings is 1. The lowest BCUT2D eigenvalue weighted by molar-refractivity contribution is 0.220. The summed E-state index contributed by atoms with van der Waals surface area (Å²) in [6.07, 6.45) is 0. The number of rotatable bonds is 6. The van der Waals surface area contributed by atoms with Gasteiger partial charge in [0.1, 0.15) is 0 Å². The third-order valence-electron chi connectivity index (χ3n) is 3.50. The lowest BCUT2D eigenvalue weighted by atomic mass is 10.0. The van der Waals surface area contributed by atoms with Crippen LogP contribution in [0.15, 0.2) is 27.1 Å².